The highest BCUT2D eigenvalue weighted by atomic mass is 16.2. The Bertz CT molecular complexity index is 1190. The Kier molecular flexibility index (Phi) is 4.49. The van der Waals surface area contributed by atoms with Crippen LogP contribution in [0.5, 0.6) is 0 Å². The number of aromatic nitrogens is 4. The van der Waals surface area contributed by atoms with E-state index in [1.807, 2.05) is 42.5 Å². The Balaban J connectivity index is 1.58. The van der Waals surface area contributed by atoms with E-state index in [0.29, 0.717) is 11.4 Å². The van der Waals surface area contributed by atoms with Crippen molar-refractivity contribution in [3.8, 4) is 11.1 Å². The number of benzene rings is 2. The fraction of sp³-hybridized carbons (Fsp3) is 0.143. The number of aryl methyl sites for hydroxylation is 1. The van der Waals surface area contributed by atoms with Crippen LogP contribution in [0.3, 0.4) is 0 Å². The van der Waals surface area contributed by atoms with E-state index >= 15 is 0 Å². The molecule has 2 aromatic heterocycles. The third kappa shape index (κ3) is 3.42. The van der Waals surface area contributed by atoms with Gasteiger partial charge in [0.15, 0.2) is 5.78 Å². The van der Waals surface area contributed by atoms with Crippen molar-refractivity contribution in [3.05, 3.63) is 66.5 Å². The number of nitrogens with one attached hydrogen (secondary N) is 1. The highest BCUT2D eigenvalue weighted by Gasteiger charge is 2.11. The lowest BCUT2D eigenvalue weighted by Crippen LogP contribution is -2.20. The summed E-state index contributed by atoms with van der Waals surface area (Å²) in [6.07, 6.45) is 3.37. The molecule has 7 heteroatoms. The Morgan fingerprint density at radius 1 is 1.04 bits per heavy atom. The van der Waals surface area contributed by atoms with E-state index in [0.717, 1.165) is 22.0 Å². The van der Waals surface area contributed by atoms with Gasteiger partial charge in [0.2, 0.25) is 5.91 Å². The van der Waals surface area contributed by atoms with Crippen molar-refractivity contribution < 1.29 is 9.59 Å². The minimum Gasteiger partial charge on any atom is -0.309 e. The number of carbonyl (C=O) groups excluding carboxylic acids is 2. The number of fused-ring (bicyclic) bond motifs is 1. The predicted molar refractivity (Wildman–Crippen MR) is 107 cm³/mol. The molecule has 0 unspecified atom stereocenters. The number of ketones is 1. The molecule has 4 aromatic rings. The maximum Gasteiger partial charge on any atom is 0.247 e. The molecule has 140 valence electrons. The highest BCUT2D eigenvalue weighted by molar-refractivity contribution is 5.96. The number of Topliss-reactive ketones (excluding diaryl/α,β-unsaturated/α-hetero) is 1. The second-order valence-corrected chi connectivity index (χ2v) is 6.60. The molecule has 0 radical (unpaired) electrons. The summed E-state index contributed by atoms with van der Waals surface area (Å²) >= 11 is 0. The van der Waals surface area contributed by atoms with Crippen molar-refractivity contribution in [1.29, 1.82) is 0 Å². The average Bonchev–Trinajstić information content (AvgIpc) is 3.27. The highest BCUT2D eigenvalue weighted by Crippen LogP contribution is 2.25. The van der Waals surface area contributed by atoms with Crippen molar-refractivity contribution >= 4 is 28.4 Å². The zero-order chi connectivity index (χ0) is 19.7. The Morgan fingerprint density at radius 2 is 1.86 bits per heavy atom. The molecule has 0 aliphatic heterocycles. The summed E-state index contributed by atoms with van der Waals surface area (Å²) in [5, 5.41) is 12.1. The number of carbonyl (C=O) groups is 2. The lowest BCUT2D eigenvalue weighted by Gasteiger charge is -2.07. The third-order valence-electron chi connectivity index (χ3n) is 4.63. The first-order valence-electron chi connectivity index (χ1n) is 8.86. The molecule has 1 amide bonds. The third-order valence-corrected chi connectivity index (χ3v) is 4.63. The molecule has 28 heavy (non-hydrogen) atoms. The summed E-state index contributed by atoms with van der Waals surface area (Å²) in [5.41, 5.74) is 3.51. The molecule has 4 rings (SSSR count). The number of amides is 1. The van der Waals surface area contributed by atoms with Crippen LogP contribution in [-0.4, -0.2) is 31.3 Å². The van der Waals surface area contributed by atoms with E-state index in [1.54, 1.807) is 41.8 Å². The van der Waals surface area contributed by atoms with Crippen LogP contribution in [0.2, 0.25) is 0 Å². The first-order chi connectivity index (χ1) is 13.5. The zero-order valence-electron chi connectivity index (χ0n) is 15.6. The molecular weight excluding hydrogens is 354 g/mol. The molecule has 0 fully saturated rings. The van der Waals surface area contributed by atoms with Crippen LogP contribution in [0, 0.1) is 0 Å². The molecule has 0 bridgehead atoms. The molecule has 0 saturated heterocycles. The van der Waals surface area contributed by atoms with E-state index in [9.17, 15) is 9.59 Å². The molecule has 7 nitrogen and oxygen atoms in total. The zero-order valence-corrected chi connectivity index (χ0v) is 15.6. The van der Waals surface area contributed by atoms with Crippen LogP contribution in [0.4, 0.5) is 5.82 Å². The average molecular weight is 373 g/mol. The van der Waals surface area contributed by atoms with E-state index in [1.165, 1.54) is 0 Å². The van der Waals surface area contributed by atoms with Gasteiger partial charge in [-0.1, -0.05) is 24.3 Å². The fourth-order valence-corrected chi connectivity index (χ4v) is 3.13. The SMILES string of the molecule is CC(=O)c1cccc(-c2ccc3c(cnn3CC(=O)Nc3ccnn3C)c2)c1. The fourth-order valence-electron chi connectivity index (χ4n) is 3.13. The summed E-state index contributed by atoms with van der Waals surface area (Å²) in [6.45, 7) is 1.66. The Morgan fingerprint density at radius 3 is 2.61 bits per heavy atom. The smallest absolute Gasteiger partial charge is 0.247 e. The van der Waals surface area contributed by atoms with Crippen LogP contribution in [0.1, 0.15) is 17.3 Å². The lowest BCUT2D eigenvalue weighted by molar-refractivity contribution is -0.116. The maximum absolute atomic E-state index is 12.3. The van der Waals surface area contributed by atoms with Crippen molar-refractivity contribution in [2.24, 2.45) is 7.05 Å². The summed E-state index contributed by atoms with van der Waals surface area (Å²) in [4.78, 5) is 23.9. The predicted octanol–water partition coefficient (Wildman–Crippen LogP) is 3.28. The summed E-state index contributed by atoms with van der Waals surface area (Å²) in [6, 6.07) is 15.2. The quantitative estimate of drug-likeness (QED) is 0.544. The van der Waals surface area contributed by atoms with Gasteiger partial charge in [0.25, 0.3) is 0 Å². The monoisotopic (exact) mass is 373 g/mol. The number of rotatable bonds is 5. The van der Waals surface area contributed by atoms with E-state index in [4.69, 9.17) is 0 Å². The van der Waals surface area contributed by atoms with Crippen molar-refractivity contribution in [3.63, 3.8) is 0 Å². The Hall–Kier alpha value is -3.74. The minimum atomic E-state index is -0.174. The van der Waals surface area contributed by atoms with Gasteiger partial charge >= 0.3 is 0 Å². The second-order valence-electron chi connectivity index (χ2n) is 6.60. The molecule has 0 atom stereocenters. The number of hydrogen-bond donors (Lipinski definition) is 1. The van der Waals surface area contributed by atoms with Crippen LogP contribution in [-0.2, 0) is 18.4 Å². The van der Waals surface area contributed by atoms with Crippen LogP contribution in [0.25, 0.3) is 22.0 Å². The molecular formula is C21H19N5O2. The van der Waals surface area contributed by atoms with Crippen molar-refractivity contribution in [1.82, 2.24) is 19.6 Å². The first-order valence-corrected chi connectivity index (χ1v) is 8.86. The van der Waals surface area contributed by atoms with Gasteiger partial charge in [0.05, 0.1) is 17.9 Å². The number of nitrogens with zero attached hydrogens (tertiary/aromatic N) is 4. The van der Waals surface area contributed by atoms with E-state index in [-0.39, 0.29) is 18.2 Å². The van der Waals surface area contributed by atoms with Crippen LogP contribution < -0.4 is 5.32 Å². The second kappa shape index (κ2) is 7.11. The molecule has 1 N–H and O–H groups in total. The standard InChI is InChI=1S/C21H19N5O2/c1-14(27)15-4-3-5-16(10-15)17-6-7-19-18(11-17)12-23-26(19)13-21(28)24-20-8-9-22-25(20)2/h3-12H,13H2,1-2H3,(H,24,28). The van der Waals surface area contributed by atoms with Crippen molar-refractivity contribution in [2.45, 2.75) is 13.5 Å². The van der Waals surface area contributed by atoms with Gasteiger partial charge in [-0.05, 0) is 36.2 Å². The largest absolute Gasteiger partial charge is 0.309 e. The normalized spacial score (nSPS) is 10.9. The summed E-state index contributed by atoms with van der Waals surface area (Å²) in [5.74, 6) is 0.496. The van der Waals surface area contributed by atoms with Gasteiger partial charge in [0, 0.05) is 24.1 Å². The van der Waals surface area contributed by atoms with Gasteiger partial charge in [-0.25, -0.2) is 0 Å². The van der Waals surface area contributed by atoms with E-state index < -0.39 is 0 Å². The van der Waals surface area contributed by atoms with Gasteiger partial charge in [-0.2, -0.15) is 10.2 Å². The van der Waals surface area contributed by atoms with E-state index in [2.05, 4.69) is 15.5 Å². The molecule has 2 heterocycles. The lowest BCUT2D eigenvalue weighted by atomic mass is 10.0. The topological polar surface area (TPSA) is 81.8 Å². The van der Waals surface area contributed by atoms with Crippen LogP contribution in [0.15, 0.2) is 60.9 Å². The number of anilines is 1. The summed E-state index contributed by atoms with van der Waals surface area (Å²) in [7, 11) is 1.77. The number of hydrogen-bond acceptors (Lipinski definition) is 4. The first kappa shape index (κ1) is 17.7. The minimum absolute atomic E-state index is 0.0372. The van der Waals surface area contributed by atoms with Crippen molar-refractivity contribution in [2.75, 3.05) is 5.32 Å². The summed E-state index contributed by atoms with van der Waals surface area (Å²) < 4.78 is 3.26. The maximum atomic E-state index is 12.3. The molecule has 2 aromatic carbocycles. The van der Waals surface area contributed by atoms with Gasteiger partial charge < -0.3 is 5.32 Å². The van der Waals surface area contributed by atoms with Gasteiger partial charge in [0.1, 0.15) is 12.4 Å². The van der Waals surface area contributed by atoms with Crippen LogP contribution >= 0.6 is 0 Å². The molecule has 0 spiro atoms. The molecule has 0 saturated carbocycles. The molecule has 0 aliphatic carbocycles. The Labute approximate surface area is 161 Å². The van der Waals surface area contributed by atoms with Gasteiger partial charge in [-0.3, -0.25) is 19.0 Å². The van der Waals surface area contributed by atoms with Gasteiger partial charge in [-0.15, -0.1) is 0 Å². The molecule has 0 aliphatic rings.